The van der Waals surface area contributed by atoms with Crippen LogP contribution in [0.15, 0.2) is 12.1 Å². The Hall–Kier alpha value is -1.56. The number of nitrogens with one attached hydrogen (secondary N) is 1. The van der Waals surface area contributed by atoms with Crippen molar-refractivity contribution in [1.29, 1.82) is 0 Å². The average molecular weight is 274 g/mol. The molecule has 6 heteroatoms. The van der Waals surface area contributed by atoms with E-state index in [0.717, 1.165) is 0 Å². The molecule has 0 spiro atoms. The third kappa shape index (κ3) is 3.96. The minimum absolute atomic E-state index is 0.0686. The highest BCUT2D eigenvalue weighted by Crippen LogP contribution is 2.16. The number of rotatable bonds is 5. The Morgan fingerprint density at radius 2 is 1.79 bits per heavy atom. The Morgan fingerprint density at radius 3 is 2.21 bits per heavy atom. The Morgan fingerprint density at radius 1 is 1.26 bits per heavy atom. The summed E-state index contributed by atoms with van der Waals surface area (Å²) in [6.45, 7) is 4.06. The topological polar surface area (TPSA) is 55.1 Å². The molecule has 0 bridgehead atoms. The van der Waals surface area contributed by atoms with Gasteiger partial charge in [0.15, 0.2) is 0 Å². The lowest BCUT2D eigenvalue weighted by Crippen LogP contribution is -2.40. The van der Waals surface area contributed by atoms with Gasteiger partial charge in [-0.05, 0) is 18.9 Å². The molecule has 1 rings (SSSR count). The van der Waals surface area contributed by atoms with Crippen LogP contribution >= 0.6 is 0 Å². The van der Waals surface area contributed by atoms with E-state index >= 15 is 0 Å². The summed E-state index contributed by atoms with van der Waals surface area (Å²) in [5.41, 5.74) is 4.64. The van der Waals surface area contributed by atoms with Gasteiger partial charge < -0.3 is 11.1 Å². The van der Waals surface area contributed by atoms with Gasteiger partial charge in [-0.15, -0.1) is 0 Å². The van der Waals surface area contributed by atoms with Crippen LogP contribution < -0.4 is 11.1 Å². The van der Waals surface area contributed by atoms with Gasteiger partial charge in [-0.2, -0.15) is 0 Å². The van der Waals surface area contributed by atoms with Crippen molar-refractivity contribution in [2.75, 3.05) is 6.54 Å². The zero-order chi connectivity index (χ0) is 14.6. The zero-order valence-electron chi connectivity index (χ0n) is 10.8. The van der Waals surface area contributed by atoms with Gasteiger partial charge in [-0.25, -0.2) is 13.2 Å². The molecular weight excluding hydrogens is 257 g/mol. The van der Waals surface area contributed by atoms with Crippen LogP contribution in [-0.4, -0.2) is 18.5 Å². The smallest absolute Gasteiger partial charge is 0.257 e. The molecule has 0 aromatic heterocycles. The fourth-order valence-electron chi connectivity index (χ4n) is 1.75. The number of benzene rings is 1. The second kappa shape index (κ2) is 6.56. The van der Waals surface area contributed by atoms with E-state index in [0.29, 0.717) is 25.1 Å². The molecule has 1 aromatic carbocycles. The van der Waals surface area contributed by atoms with Crippen LogP contribution in [0, 0.1) is 23.4 Å². The summed E-state index contributed by atoms with van der Waals surface area (Å²) >= 11 is 0. The molecule has 1 unspecified atom stereocenters. The molecule has 0 aliphatic heterocycles. The largest absolute Gasteiger partial charge is 0.349 e. The van der Waals surface area contributed by atoms with E-state index in [1.165, 1.54) is 0 Å². The number of carbonyl (C=O) groups excluding carboxylic acids is 1. The summed E-state index contributed by atoms with van der Waals surface area (Å²) < 4.78 is 39.6. The molecule has 3 nitrogen and oxygen atoms in total. The van der Waals surface area contributed by atoms with E-state index < -0.39 is 28.9 Å². The van der Waals surface area contributed by atoms with Crippen molar-refractivity contribution in [3.05, 3.63) is 35.1 Å². The summed E-state index contributed by atoms with van der Waals surface area (Å²) in [5.74, 6) is -4.33. The van der Waals surface area contributed by atoms with Crippen LogP contribution in [0.4, 0.5) is 13.2 Å². The average Bonchev–Trinajstić information content (AvgIpc) is 2.26. The van der Waals surface area contributed by atoms with Gasteiger partial charge in [-0.3, -0.25) is 4.79 Å². The van der Waals surface area contributed by atoms with Gasteiger partial charge in [-0.1, -0.05) is 13.8 Å². The minimum atomic E-state index is -1.22. The molecule has 1 amide bonds. The third-order valence-electron chi connectivity index (χ3n) is 2.83. The number of hydrogen-bond acceptors (Lipinski definition) is 2. The Bertz CT molecular complexity index is 440. The molecule has 0 radical (unpaired) electrons. The van der Waals surface area contributed by atoms with Gasteiger partial charge in [0.1, 0.15) is 23.0 Å². The summed E-state index contributed by atoms with van der Waals surface area (Å²) in [7, 11) is 0. The first-order valence-corrected chi connectivity index (χ1v) is 6.02. The monoisotopic (exact) mass is 274 g/mol. The second-order valence-corrected chi connectivity index (χ2v) is 4.65. The van der Waals surface area contributed by atoms with Gasteiger partial charge in [0.05, 0.1) is 0 Å². The number of amides is 1. The third-order valence-corrected chi connectivity index (χ3v) is 2.83. The molecule has 3 N–H and O–H groups in total. The van der Waals surface area contributed by atoms with Crippen LogP contribution in [0.5, 0.6) is 0 Å². The molecule has 0 fully saturated rings. The van der Waals surface area contributed by atoms with Crippen LogP contribution in [-0.2, 0) is 0 Å². The van der Waals surface area contributed by atoms with E-state index in [9.17, 15) is 18.0 Å². The number of carbonyl (C=O) groups is 1. The number of nitrogens with two attached hydrogens (primary N) is 1. The quantitative estimate of drug-likeness (QED) is 0.865. The van der Waals surface area contributed by atoms with Crippen molar-refractivity contribution in [2.45, 2.75) is 26.3 Å². The van der Waals surface area contributed by atoms with Gasteiger partial charge in [0.25, 0.3) is 5.91 Å². The number of halogens is 3. The van der Waals surface area contributed by atoms with Crippen molar-refractivity contribution in [3.8, 4) is 0 Å². The lowest BCUT2D eigenvalue weighted by molar-refractivity contribution is 0.0915. The zero-order valence-corrected chi connectivity index (χ0v) is 10.8. The molecule has 0 saturated heterocycles. The van der Waals surface area contributed by atoms with E-state index in [1.54, 1.807) is 0 Å². The normalized spacial score (nSPS) is 12.6. The fraction of sp³-hybridized carbons (Fsp3) is 0.462. The molecule has 106 valence electrons. The highest BCUT2D eigenvalue weighted by molar-refractivity contribution is 5.94. The molecule has 0 heterocycles. The SMILES string of the molecule is CC(C)C(CCN)NC(=O)c1c(F)cc(F)cc1F. The van der Waals surface area contributed by atoms with Crippen molar-refractivity contribution in [1.82, 2.24) is 5.32 Å². The molecule has 1 atom stereocenters. The molecule has 0 aliphatic rings. The van der Waals surface area contributed by atoms with Crippen molar-refractivity contribution < 1.29 is 18.0 Å². The molecule has 19 heavy (non-hydrogen) atoms. The second-order valence-electron chi connectivity index (χ2n) is 4.65. The van der Waals surface area contributed by atoms with E-state index in [2.05, 4.69) is 5.32 Å². The first kappa shape index (κ1) is 15.5. The van der Waals surface area contributed by atoms with Crippen LogP contribution in [0.25, 0.3) is 0 Å². The highest BCUT2D eigenvalue weighted by Gasteiger charge is 2.22. The van der Waals surface area contributed by atoms with Crippen molar-refractivity contribution in [2.24, 2.45) is 11.7 Å². The van der Waals surface area contributed by atoms with E-state index in [1.807, 2.05) is 13.8 Å². The molecule has 0 saturated carbocycles. The summed E-state index contributed by atoms with van der Waals surface area (Å²) in [6, 6.07) is 0.665. The lowest BCUT2D eigenvalue weighted by Gasteiger charge is -2.22. The van der Waals surface area contributed by atoms with Crippen LogP contribution in [0.2, 0.25) is 0 Å². The standard InChI is InChI=1S/C13H17F3N2O/c1-7(2)11(3-4-17)18-13(19)12-9(15)5-8(14)6-10(12)16/h5-7,11H,3-4,17H2,1-2H3,(H,18,19). The maximum absolute atomic E-state index is 13.4. The Kier molecular flexibility index (Phi) is 5.35. The molecule has 1 aromatic rings. The number of hydrogen-bond donors (Lipinski definition) is 2. The predicted octanol–water partition coefficient (Wildman–Crippen LogP) is 2.21. The van der Waals surface area contributed by atoms with Gasteiger partial charge in [0, 0.05) is 18.2 Å². The Balaban J connectivity index is 2.94. The summed E-state index contributed by atoms with van der Waals surface area (Å²) in [5, 5.41) is 2.51. The van der Waals surface area contributed by atoms with Gasteiger partial charge in [0.2, 0.25) is 0 Å². The maximum atomic E-state index is 13.4. The van der Waals surface area contributed by atoms with Crippen LogP contribution in [0.1, 0.15) is 30.6 Å². The van der Waals surface area contributed by atoms with Crippen LogP contribution in [0.3, 0.4) is 0 Å². The van der Waals surface area contributed by atoms with Crippen molar-refractivity contribution >= 4 is 5.91 Å². The van der Waals surface area contributed by atoms with Gasteiger partial charge >= 0.3 is 0 Å². The highest BCUT2D eigenvalue weighted by atomic mass is 19.1. The van der Waals surface area contributed by atoms with Crippen molar-refractivity contribution in [3.63, 3.8) is 0 Å². The summed E-state index contributed by atoms with van der Waals surface area (Å²) in [4.78, 5) is 11.8. The van der Waals surface area contributed by atoms with E-state index in [-0.39, 0.29) is 12.0 Å². The lowest BCUT2D eigenvalue weighted by atomic mass is 10.0. The molecule has 0 aliphatic carbocycles. The Labute approximate surface area is 110 Å². The first-order chi connectivity index (χ1) is 8.86. The first-order valence-electron chi connectivity index (χ1n) is 6.02. The van der Waals surface area contributed by atoms with E-state index in [4.69, 9.17) is 5.73 Å². The fourth-order valence-corrected chi connectivity index (χ4v) is 1.75. The maximum Gasteiger partial charge on any atom is 0.257 e. The molecular formula is C13H17F3N2O. The summed E-state index contributed by atoms with van der Waals surface area (Å²) in [6.07, 6.45) is 0.494. The predicted molar refractivity (Wildman–Crippen MR) is 66.1 cm³/mol. The minimum Gasteiger partial charge on any atom is -0.349 e.